The fraction of sp³-hybridized carbons (Fsp3) is 1.00. The Kier molecular flexibility index (Phi) is 5.90. The first kappa shape index (κ1) is 13.9. The molecule has 74 valence electrons. The number of hydrogen-bond acceptors (Lipinski definition) is 3. The van der Waals surface area contributed by atoms with Crippen LogP contribution in [0.15, 0.2) is 5.34 Å². The number of quaternary nitrogens is 1. The smallest absolute Gasteiger partial charge is 0.0879 e. The zero-order valence-electron chi connectivity index (χ0n) is 8.84. The third-order valence-corrected chi connectivity index (χ3v) is 0.866. The van der Waals surface area contributed by atoms with E-state index in [9.17, 15) is 0 Å². The molecule has 0 heterocycles. The molecule has 0 aliphatic rings. The van der Waals surface area contributed by atoms with Crippen molar-refractivity contribution in [2.75, 3.05) is 0 Å². The van der Waals surface area contributed by atoms with Crippen molar-refractivity contribution in [3.63, 3.8) is 0 Å². The van der Waals surface area contributed by atoms with E-state index >= 15 is 0 Å². The van der Waals surface area contributed by atoms with Gasteiger partial charge in [-0.05, 0) is 41.5 Å². The minimum Gasteiger partial charge on any atom is -0.444 e. The summed E-state index contributed by atoms with van der Waals surface area (Å²) in [6.45, 7) is 13.4. The van der Waals surface area contributed by atoms with Gasteiger partial charge in [0.2, 0.25) is 0 Å². The maximum absolute atomic E-state index is 8.00. The van der Waals surface area contributed by atoms with E-state index in [4.69, 9.17) is 10.1 Å². The van der Waals surface area contributed by atoms with Crippen molar-refractivity contribution in [2.45, 2.75) is 52.6 Å². The Balaban J connectivity index is 0. The number of rotatable bonds is 0. The first-order chi connectivity index (χ1) is 5.12. The first-order valence-electron chi connectivity index (χ1n) is 3.94. The van der Waals surface area contributed by atoms with Gasteiger partial charge in [-0.25, -0.2) is 0 Å². The molecule has 0 spiro atoms. The van der Waals surface area contributed by atoms with E-state index in [1.165, 1.54) is 0 Å². The molecule has 0 aromatic heterocycles. The SMILES string of the molecule is CC(C)(C)[NH2+]C(C)(C)C.O=N[O-]. The molecule has 0 saturated heterocycles. The van der Waals surface area contributed by atoms with E-state index in [0.29, 0.717) is 11.1 Å². The second kappa shape index (κ2) is 5.09. The van der Waals surface area contributed by atoms with Crippen molar-refractivity contribution in [3.05, 3.63) is 10.1 Å². The molecule has 0 saturated carbocycles. The Labute approximate surface area is 74.3 Å². The number of nitrogens with two attached hydrogens (primary N) is 1. The Morgan fingerprint density at radius 3 is 1.17 bits per heavy atom. The molecule has 0 radical (unpaired) electrons. The second-order valence-electron chi connectivity index (χ2n) is 4.95. The molecule has 0 unspecified atom stereocenters. The lowest BCUT2D eigenvalue weighted by Gasteiger charge is -2.27. The van der Waals surface area contributed by atoms with Crippen molar-refractivity contribution in [3.8, 4) is 0 Å². The maximum Gasteiger partial charge on any atom is 0.0879 e. The molecule has 0 amide bonds. The highest BCUT2D eigenvalue weighted by atomic mass is 16.6. The van der Waals surface area contributed by atoms with Crippen LogP contribution in [-0.2, 0) is 0 Å². The molecular formula is C8H20N2O2. The topological polar surface area (TPSA) is 69.1 Å². The molecule has 0 aromatic carbocycles. The molecule has 12 heavy (non-hydrogen) atoms. The minimum atomic E-state index is 0.359. The molecule has 2 N–H and O–H groups in total. The van der Waals surface area contributed by atoms with Crippen LogP contribution in [0.1, 0.15) is 41.5 Å². The molecular weight excluding hydrogens is 156 g/mol. The monoisotopic (exact) mass is 176 g/mol. The Morgan fingerprint density at radius 2 is 1.17 bits per heavy atom. The standard InChI is InChI=1S/C8H19N.HNO2/c1-7(2,3)9-8(4,5)6;2-1-3/h9H,1-6H3;(H,2,3). The quantitative estimate of drug-likeness (QED) is 0.447. The van der Waals surface area contributed by atoms with Gasteiger partial charge in [-0.15, -0.1) is 5.34 Å². The Bertz CT molecular complexity index is 110. The third-order valence-electron chi connectivity index (χ3n) is 0.866. The molecule has 0 fully saturated rings. The fourth-order valence-electron chi connectivity index (χ4n) is 1.30. The van der Waals surface area contributed by atoms with Crippen LogP contribution in [0, 0.1) is 10.1 Å². The van der Waals surface area contributed by atoms with E-state index in [1.54, 1.807) is 0 Å². The molecule has 0 aromatic rings. The van der Waals surface area contributed by atoms with Gasteiger partial charge >= 0.3 is 0 Å². The van der Waals surface area contributed by atoms with E-state index < -0.39 is 0 Å². The fourth-order valence-corrected chi connectivity index (χ4v) is 1.30. The molecule has 0 aliphatic carbocycles. The second-order valence-corrected chi connectivity index (χ2v) is 4.95. The summed E-state index contributed by atoms with van der Waals surface area (Å²) in [5.74, 6) is 0. The van der Waals surface area contributed by atoms with Crippen LogP contribution in [0.25, 0.3) is 0 Å². The normalized spacial score (nSPS) is 11.5. The van der Waals surface area contributed by atoms with Gasteiger partial charge in [0.05, 0.1) is 11.1 Å². The summed E-state index contributed by atoms with van der Waals surface area (Å²) in [6, 6.07) is 0. The van der Waals surface area contributed by atoms with E-state index in [0.717, 1.165) is 5.34 Å². The lowest BCUT2D eigenvalue weighted by Crippen LogP contribution is -3.02. The zero-order chi connectivity index (χ0) is 10.4. The van der Waals surface area contributed by atoms with Gasteiger partial charge in [0.25, 0.3) is 0 Å². The summed E-state index contributed by atoms with van der Waals surface area (Å²) in [5.41, 5.74) is 0.719. The third kappa shape index (κ3) is 22.8. The minimum absolute atomic E-state index is 0.359. The average Bonchev–Trinajstić information content (AvgIpc) is 1.53. The zero-order valence-corrected chi connectivity index (χ0v) is 8.84. The van der Waals surface area contributed by atoms with Gasteiger partial charge < -0.3 is 15.4 Å². The average molecular weight is 176 g/mol. The van der Waals surface area contributed by atoms with Crippen molar-refractivity contribution < 1.29 is 5.32 Å². The molecule has 0 rings (SSSR count). The Morgan fingerprint density at radius 1 is 1.00 bits per heavy atom. The first-order valence-corrected chi connectivity index (χ1v) is 3.94. The van der Waals surface area contributed by atoms with Crippen LogP contribution in [0.3, 0.4) is 0 Å². The highest BCUT2D eigenvalue weighted by molar-refractivity contribution is 4.60. The van der Waals surface area contributed by atoms with Crippen LogP contribution in [-0.4, -0.2) is 11.1 Å². The van der Waals surface area contributed by atoms with Crippen LogP contribution >= 0.6 is 0 Å². The lowest BCUT2D eigenvalue weighted by molar-refractivity contribution is -0.772. The maximum atomic E-state index is 8.00. The van der Waals surface area contributed by atoms with Gasteiger partial charge in [-0.1, -0.05) is 0 Å². The number of nitrogens with zero attached hydrogens (tertiary/aromatic N) is 1. The summed E-state index contributed by atoms with van der Waals surface area (Å²) in [4.78, 5) is 8.00. The molecule has 0 bridgehead atoms. The summed E-state index contributed by atoms with van der Waals surface area (Å²) in [7, 11) is 0. The summed E-state index contributed by atoms with van der Waals surface area (Å²) < 4.78 is 0. The summed E-state index contributed by atoms with van der Waals surface area (Å²) in [5, 5.41) is 11.4. The van der Waals surface area contributed by atoms with Crippen LogP contribution in [0.2, 0.25) is 0 Å². The van der Waals surface area contributed by atoms with Crippen molar-refractivity contribution >= 4 is 0 Å². The van der Waals surface area contributed by atoms with Gasteiger partial charge in [-0.3, -0.25) is 0 Å². The van der Waals surface area contributed by atoms with Crippen LogP contribution < -0.4 is 5.32 Å². The lowest BCUT2D eigenvalue weighted by atomic mass is 10.0. The highest BCUT2D eigenvalue weighted by Crippen LogP contribution is 1.96. The predicted molar refractivity (Wildman–Crippen MR) is 50.6 cm³/mol. The highest BCUT2D eigenvalue weighted by Gasteiger charge is 2.22. The summed E-state index contributed by atoms with van der Waals surface area (Å²) in [6.07, 6.45) is 0. The van der Waals surface area contributed by atoms with Gasteiger partial charge in [-0.2, -0.15) is 0 Å². The van der Waals surface area contributed by atoms with E-state index in [1.807, 2.05) is 0 Å². The molecule has 0 aliphatic heterocycles. The van der Waals surface area contributed by atoms with Gasteiger partial charge in [0, 0.05) is 0 Å². The van der Waals surface area contributed by atoms with Crippen molar-refractivity contribution in [2.24, 2.45) is 5.34 Å². The van der Waals surface area contributed by atoms with Crippen LogP contribution in [0.5, 0.6) is 0 Å². The molecule has 4 heteroatoms. The largest absolute Gasteiger partial charge is 0.444 e. The van der Waals surface area contributed by atoms with Crippen LogP contribution in [0.4, 0.5) is 0 Å². The van der Waals surface area contributed by atoms with Gasteiger partial charge in [0.1, 0.15) is 0 Å². The van der Waals surface area contributed by atoms with E-state index in [-0.39, 0.29) is 0 Å². The predicted octanol–water partition coefficient (Wildman–Crippen LogP) is 1.40. The molecule has 4 nitrogen and oxygen atoms in total. The van der Waals surface area contributed by atoms with Crippen molar-refractivity contribution in [1.29, 1.82) is 0 Å². The van der Waals surface area contributed by atoms with Crippen molar-refractivity contribution in [1.82, 2.24) is 0 Å². The van der Waals surface area contributed by atoms with Gasteiger partial charge in [0.15, 0.2) is 0 Å². The number of hydrogen-bond donors (Lipinski definition) is 1. The Hall–Kier alpha value is -0.640. The molecule has 0 atom stereocenters. The van der Waals surface area contributed by atoms with E-state index in [2.05, 4.69) is 46.9 Å². The summed E-state index contributed by atoms with van der Waals surface area (Å²) >= 11 is 0.